The Kier molecular flexibility index (Phi) is 5.22. The molecule has 2 aromatic rings. The number of hydrogen-bond acceptors (Lipinski definition) is 1. The van der Waals surface area contributed by atoms with E-state index in [9.17, 15) is 5.11 Å². The van der Waals surface area contributed by atoms with Crippen LogP contribution in [0, 0.1) is 19.8 Å². The Morgan fingerprint density at radius 1 is 1.00 bits per heavy atom. The molecule has 0 aliphatic rings. The van der Waals surface area contributed by atoms with E-state index in [4.69, 9.17) is 11.6 Å². The number of benzene rings is 2. The van der Waals surface area contributed by atoms with Gasteiger partial charge in [-0.15, -0.1) is 0 Å². The summed E-state index contributed by atoms with van der Waals surface area (Å²) < 4.78 is 0. The SMILES string of the molecule is Cc1cccc(CC(CO)Cc2ccc(C)cc2Cl)c1. The van der Waals surface area contributed by atoms with Crippen LogP contribution in [0.2, 0.25) is 5.02 Å². The molecule has 1 nitrogen and oxygen atoms in total. The predicted molar refractivity (Wildman–Crippen MR) is 85.4 cm³/mol. The fourth-order valence-corrected chi connectivity index (χ4v) is 2.81. The van der Waals surface area contributed by atoms with Crippen LogP contribution >= 0.6 is 11.6 Å². The first-order valence-electron chi connectivity index (χ1n) is 7.00. The molecule has 0 saturated heterocycles. The molecule has 2 heteroatoms. The van der Waals surface area contributed by atoms with E-state index >= 15 is 0 Å². The maximum absolute atomic E-state index is 9.62. The Hall–Kier alpha value is -1.31. The van der Waals surface area contributed by atoms with Gasteiger partial charge in [0.1, 0.15) is 0 Å². The van der Waals surface area contributed by atoms with E-state index in [0.29, 0.717) is 0 Å². The molecule has 0 heterocycles. The van der Waals surface area contributed by atoms with Crippen molar-refractivity contribution in [2.45, 2.75) is 26.7 Å². The molecule has 2 aromatic carbocycles. The van der Waals surface area contributed by atoms with Gasteiger partial charge in [-0.3, -0.25) is 0 Å². The number of rotatable bonds is 5. The molecule has 2 rings (SSSR count). The molecule has 0 saturated carbocycles. The topological polar surface area (TPSA) is 20.2 Å². The summed E-state index contributed by atoms with van der Waals surface area (Å²) in [6.45, 7) is 4.30. The highest BCUT2D eigenvalue weighted by Gasteiger charge is 2.12. The first-order chi connectivity index (χ1) is 9.58. The molecular weight excluding hydrogens is 268 g/mol. The highest BCUT2D eigenvalue weighted by atomic mass is 35.5. The summed E-state index contributed by atoms with van der Waals surface area (Å²) in [6, 6.07) is 14.6. The molecule has 0 fully saturated rings. The predicted octanol–water partition coefficient (Wildman–Crippen LogP) is 4.35. The summed E-state index contributed by atoms with van der Waals surface area (Å²) in [7, 11) is 0. The Morgan fingerprint density at radius 2 is 1.75 bits per heavy atom. The number of aliphatic hydroxyl groups excluding tert-OH is 1. The zero-order valence-corrected chi connectivity index (χ0v) is 12.8. The van der Waals surface area contributed by atoms with Crippen LogP contribution < -0.4 is 0 Å². The van der Waals surface area contributed by atoms with Crippen LogP contribution in [0.1, 0.15) is 22.3 Å². The Morgan fingerprint density at radius 3 is 2.40 bits per heavy atom. The van der Waals surface area contributed by atoms with Crippen molar-refractivity contribution < 1.29 is 5.11 Å². The van der Waals surface area contributed by atoms with Gasteiger partial charge >= 0.3 is 0 Å². The highest BCUT2D eigenvalue weighted by molar-refractivity contribution is 6.31. The van der Waals surface area contributed by atoms with E-state index < -0.39 is 0 Å². The molecule has 0 radical (unpaired) electrons. The first-order valence-corrected chi connectivity index (χ1v) is 7.37. The second-order valence-electron chi connectivity index (χ2n) is 5.54. The van der Waals surface area contributed by atoms with E-state index in [1.54, 1.807) is 0 Å². The molecule has 0 aliphatic heterocycles. The lowest BCUT2D eigenvalue weighted by Gasteiger charge is -2.16. The van der Waals surface area contributed by atoms with Gasteiger partial charge in [-0.1, -0.05) is 53.6 Å². The van der Waals surface area contributed by atoms with E-state index in [1.807, 2.05) is 13.0 Å². The summed E-state index contributed by atoms with van der Waals surface area (Å²) >= 11 is 6.28. The minimum atomic E-state index is 0.179. The smallest absolute Gasteiger partial charge is 0.0465 e. The number of aliphatic hydroxyl groups is 1. The van der Waals surface area contributed by atoms with Gasteiger partial charge in [0.2, 0.25) is 0 Å². The van der Waals surface area contributed by atoms with Gasteiger partial charge in [-0.25, -0.2) is 0 Å². The lowest BCUT2D eigenvalue weighted by molar-refractivity contribution is 0.225. The molecule has 1 atom stereocenters. The lowest BCUT2D eigenvalue weighted by Crippen LogP contribution is -2.13. The third kappa shape index (κ3) is 4.09. The van der Waals surface area contributed by atoms with Crippen LogP contribution in [0.3, 0.4) is 0 Å². The van der Waals surface area contributed by atoms with Crippen molar-refractivity contribution in [3.63, 3.8) is 0 Å². The van der Waals surface area contributed by atoms with Crippen molar-refractivity contribution in [3.05, 3.63) is 69.7 Å². The van der Waals surface area contributed by atoms with Crippen LogP contribution in [0.5, 0.6) is 0 Å². The summed E-state index contributed by atoms with van der Waals surface area (Å²) in [5.74, 6) is 0.206. The quantitative estimate of drug-likeness (QED) is 0.867. The molecule has 1 N–H and O–H groups in total. The standard InChI is InChI=1S/C18H21ClO/c1-13-4-3-5-15(8-13)10-16(12-20)11-17-7-6-14(2)9-18(17)19/h3-9,16,20H,10-12H2,1-2H3. The molecule has 0 spiro atoms. The normalized spacial score (nSPS) is 12.4. The van der Waals surface area contributed by atoms with Crippen molar-refractivity contribution in [2.75, 3.05) is 6.61 Å². The molecule has 1 unspecified atom stereocenters. The van der Waals surface area contributed by atoms with Crippen LogP contribution in [-0.4, -0.2) is 11.7 Å². The Balaban J connectivity index is 2.09. The van der Waals surface area contributed by atoms with Gasteiger partial charge in [0.15, 0.2) is 0 Å². The maximum Gasteiger partial charge on any atom is 0.0465 e. The van der Waals surface area contributed by atoms with Gasteiger partial charge in [0, 0.05) is 11.6 Å². The maximum atomic E-state index is 9.62. The van der Waals surface area contributed by atoms with Crippen LogP contribution in [0.4, 0.5) is 0 Å². The van der Waals surface area contributed by atoms with E-state index in [1.165, 1.54) is 11.1 Å². The molecule has 0 amide bonds. The van der Waals surface area contributed by atoms with Crippen molar-refractivity contribution >= 4 is 11.6 Å². The third-order valence-corrected chi connectivity index (χ3v) is 3.93. The zero-order chi connectivity index (χ0) is 14.5. The summed E-state index contributed by atoms with van der Waals surface area (Å²) in [6.07, 6.45) is 1.69. The van der Waals surface area contributed by atoms with Crippen molar-refractivity contribution in [2.24, 2.45) is 5.92 Å². The van der Waals surface area contributed by atoms with Crippen LogP contribution in [0.15, 0.2) is 42.5 Å². The van der Waals surface area contributed by atoms with Crippen molar-refractivity contribution in [1.29, 1.82) is 0 Å². The third-order valence-electron chi connectivity index (χ3n) is 3.58. The second-order valence-corrected chi connectivity index (χ2v) is 5.95. The van der Waals surface area contributed by atoms with E-state index in [-0.39, 0.29) is 12.5 Å². The second kappa shape index (κ2) is 6.92. The monoisotopic (exact) mass is 288 g/mol. The summed E-state index contributed by atoms with van der Waals surface area (Å²) in [5, 5.41) is 10.4. The Bertz CT molecular complexity index is 577. The molecule has 0 aliphatic carbocycles. The van der Waals surface area contributed by atoms with Crippen molar-refractivity contribution in [1.82, 2.24) is 0 Å². The van der Waals surface area contributed by atoms with Gasteiger partial charge in [0.25, 0.3) is 0 Å². The molecule has 0 bridgehead atoms. The fraction of sp³-hybridized carbons (Fsp3) is 0.333. The van der Waals surface area contributed by atoms with E-state index in [0.717, 1.165) is 29.0 Å². The largest absolute Gasteiger partial charge is 0.396 e. The highest BCUT2D eigenvalue weighted by Crippen LogP contribution is 2.22. The van der Waals surface area contributed by atoms with Crippen LogP contribution in [-0.2, 0) is 12.8 Å². The van der Waals surface area contributed by atoms with Gasteiger partial charge in [-0.2, -0.15) is 0 Å². The summed E-state index contributed by atoms with van der Waals surface area (Å²) in [4.78, 5) is 0. The first kappa shape index (κ1) is 15.1. The van der Waals surface area contributed by atoms with Gasteiger partial charge in [-0.05, 0) is 55.4 Å². The lowest BCUT2D eigenvalue weighted by atomic mass is 9.92. The average Bonchev–Trinajstić information content (AvgIpc) is 2.41. The number of hydrogen-bond donors (Lipinski definition) is 1. The van der Waals surface area contributed by atoms with Gasteiger partial charge in [0.05, 0.1) is 0 Å². The minimum Gasteiger partial charge on any atom is -0.396 e. The minimum absolute atomic E-state index is 0.179. The van der Waals surface area contributed by atoms with Crippen LogP contribution in [0.25, 0.3) is 0 Å². The average molecular weight is 289 g/mol. The summed E-state index contributed by atoms with van der Waals surface area (Å²) in [5.41, 5.74) is 4.81. The molecule has 0 aromatic heterocycles. The fourth-order valence-electron chi connectivity index (χ4n) is 2.50. The number of halogens is 1. The molecule has 20 heavy (non-hydrogen) atoms. The zero-order valence-electron chi connectivity index (χ0n) is 12.1. The number of aryl methyl sites for hydroxylation is 2. The Labute approximate surface area is 126 Å². The molecular formula is C18H21ClO. The molecule has 106 valence electrons. The van der Waals surface area contributed by atoms with Crippen molar-refractivity contribution in [3.8, 4) is 0 Å². The van der Waals surface area contributed by atoms with Gasteiger partial charge < -0.3 is 5.11 Å². The van der Waals surface area contributed by atoms with E-state index in [2.05, 4.69) is 43.3 Å².